The fourth-order valence-electron chi connectivity index (χ4n) is 4.48. The van der Waals surface area contributed by atoms with E-state index in [0.717, 1.165) is 50.4 Å². The first kappa shape index (κ1) is 22.4. The van der Waals surface area contributed by atoms with E-state index in [4.69, 9.17) is 0 Å². The lowest BCUT2D eigenvalue weighted by Crippen LogP contribution is -2.21. The Labute approximate surface area is 171 Å². The molecule has 154 valence electrons. The van der Waals surface area contributed by atoms with Gasteiger partial charge in [-0.15, -0.1) is 0 Å². The number of hydrogen-bond donors (Lipinski definition) is 3. The van der Waals surface area contributed by atoms with Gasteiger partial charge in [-0.1, -0.05) is 20.8 Å². The van der Waals surface area contributed by atoms with Crippen LogP contribution in [-0.2, 0) is 38.9 Å². The molecule has 1 aromatic carbocycles. The van der Waals surface area contributed by atoms with Crippen LogP contribution in [0.5, 0.6) is 0 Å². The van der Waals surface area contributed by atoms with E-state index in [1.54, 1.807) is 0 Å². The van der Waals surface area contributed by atoms with Gasteiger partial charge in [-0.25, -0.2) is 4.98 Å². The zero-order chi connectivity index (χ0) is 20.7. The van der Waals surface area contributed by atoms with E-state index in [9.17, 15) is 0 Å². The molecule has 0 fully saturated rings. The Morgan fingerprint density at radius 1 is 0.679 bits per heavy atom. The van der Waals surface area contributed by atoms with Crippen LogP contribution >= 0.6 is 0 Å². The number of rotatable bonds is 10. The lowest BCUT2D eigenvalue weighted by atomic mass is 9.83. The number of nitrogens with zero attached hydrogens (tertiary/aromatic N) is 1. The van der Waals surface area contributed by atoms with Crippen molar-refractivity contribution in [3.8, 4) is 0 Å². The van der Waals surface area contributed by atoms with E-state index in [0.29, 0.717) is 0 Å². The minimum absolute atomic E-state index is 0.819. The molecule has 4 heteroatoms. The monoisotopic (exact) mass is 382 g/mol. The first-order valence-electron chi connectivity index (χ1n) is 10.7. The number of aromatic nitrogens is 1. The molecule has 0 aliphatic heterocycles. The molecule has 0 unspecified atom stereocenters. The fourth-order valence-corrected chi connectivity index (χ4v) is 4.48. The molecular formula is C24H38N4. The second-order valence-electron chi connectivity index (χ2n) is 7.52. The highest BCUT2D eigenvalue weighted by molar-refractivity contribution is 5.54. The Morgan fingerprint density at radius 2 is 1.14 bits per heavy atom. The highest BCUT2D eigenvalue weighted by atomic mass is 15.0. The third kappa shape index (κ3) is 4.92. The standard InChI is InChI=1S/C24H38N4/c1-8-18-21(13-25-6)19(9-2)23(20(10-3)22(18)14-26-7)15-27-24-12-16(4)11-17(5)28-24/h11-12,25-26H,8-10,13-15H2,1-7H3,(H,27,28). The van der Waals surface area contributed by atoms with E-state index < -0.39 is 0 Å². The smallest absolute Gasteiger partial charge is 0.126 e. The number of pyridine rings is 1. The minimum Gasteiger partial charge on any atom is -0.366 e. The Balaban J connectivity index is 2.58. The van der Waals surface area contributed by atoms with Gasteiger partial charge in [0.1, 0.15) is 5.82 Å². The Morgan fingerprint density at radius 3 is 1.54 bits per heavy atom. The van der Waals surface area contributed by atoms with Crippen molar-refractivity contribution in [2.75, 3.05) is 19.4 Å². The maximum atomic E-state index is 4.68. The fraction of sp³-hybridized carbons (Fsp3) is 0.542. The Hall–Kier alpha value is -1.91. The topological polar surface area (TPSA) is 49.0 Å². The molecule has 4 nitrogen and oxygen atoms in total. The molecule has 2 rings (SSSR count). The van der Waals surface area contributed by atoms with Gasteiger partial charge >= 0.3 is 0 Å². The molecule has 0 atom stereocenters. The van der Waals surface area contributed by atoms with Crippen LogP contribution in [-0.4, -0.2) is 19.1 Å². The van der Waals surface area contributed by atoms with Gasteiger partial charge in [-0.3, -0.25) is 0 Å². The SMILES string of the molecule is CCc1c(CNC)c(CC)c(CNc2cc(C)cc(C)n2)c(CC)c1CNC. The normalized spacial score (nSPS) is 11.1. The molecule has 0 radical (unpaired) electrons. The summed E-state index contributed by atoms with van der Waals surface area (Å²) in [6.45, 7) is 13.7. The minimum atomic E-state index is 0.819. The van der Waals surface area contributed by atoms with Gasteiger partial charge in [-0.2, -0.15) is 0 Å². The maximum Gasteiger partial charge on any atom is 0.126 e. The van der Waals surface area contributed by atoms with Gasteiger partial charge in [-0.05, 0) is 98.3 Å². The number of benzene rings is 1. The molecule has 0 aliphatic carbocycles. The van der Waals surface area contributed by atoms with Gasteiger partial charge in [0.05, 0.1) is 0 Å². The average molecular weight is 383 g/mol. The summed E-state index contributed by atoms with van der Waals surface area (Å²) in [5.74, 6) is 0.964. The van der Waals surface area contributed by atoms with Crippen molar-refractivity contribution in [3.05, 3.63) is 56.8 Å². The van der Waals surface area contributed by atoms with E-state index >= 15 is 0 Å². The molecule has 0 spiro atoms. The Kier molecular flexibility index (Phi) is 8.46. The van der Waals surface area contributed by atoms with Crippen LogP contribution in [0.4, 0.5) is 5.82 Å². The highest BCUT2D eigenvalue weighted by Crippen LogP contribution is 2.31. The van der Waals surface area contributed by atoms with Crippen molar-refractivity contribution in [2.45, 2.75) is 73.5 Å². The van der Waals surface area contributed by atoms with Gasteiger partial charge in [0.25, 0.3) is 0 Å². The van der Waals surface area contributed by atoms with E-state index in [1.807, 2.05) is 14.1 Å². The van der Waals surface area contributed by atoms with Crippen molar-refractivity contribution >= 4 is 5.82 Å². The lowest BCUT2D eigenvalue weighted by Gasteiger charge is -2.26. The van der Waals surface area contributed by atoms with Crippen molar-refractivity contribution < 1.29 is 0 Å². The number of hydrogen-bond acceptors (Lipinski definition) is 4. The molecule has 0 saturated carbocycles. The molecule has 0 bridgehead atoms. The van der Waals surface area contributed by atoms with Crippen LogP contribution < -0.4 is 16.0 Å². The van der Waals surface area contributed by atoms with Gasteiger partial charge in [0.15, 0.2) is 0 Å². The summed E-state index contributed by atoms with van der Waals surface area (Å²) in [5.41, 5.74) is 11.3. The van der Waals surface area contributed by atoms with E-state index in [1.165, 1.54) is 38.9 Å². The summed E-state index contributed by atoms with van der Waals surface area (Å²) < 4.78 is 0. The second-order valence-corrected chi connectivity index (χ2v) is 7.52. The lowest BCUT2D eigenvalue weighted by molar-refractivity contribution is 0.749. The van der Waals surface area contributed by atoms with Crippen molar-refractivity contribution in [1.82, 2.24) is 15.6 Å². The van der Waals surface area contributed by atoms with Gasteiger partial charge in [0.2, 0.25) is 0 Å². The summed E-state index contributed by atoms with van der Waals surface area (Å²) in [7, 11) is 4.09. The van der Waals surface area contributed by atoms with Crippen molar-refractivity contribution in [3.63, 3.8) is 0 Å². The first-order valence-corrected chi connectivity index (χ1v) is 10.7. The largest absolute Gasteiger partial charge is 0.366 e. The van der Waals surface area contributed by atoms with Crippen LogP contribution in [0.15, 0.2) is 12.1 Å². The molecular weight excluding hydrogens is 344 g/mol. The van der Waals surface area contributed by atoms with Crippen molar-refractivity contribution in [1.29, 1.82) is 0 Å². The van der Waals surface area contributed by atoms with Gasteiger partial charge < -0.3 is 16.0 Å². The first-order chi connectivity index (χ1) is 13.5. The molecule has 1 aromatic heterocycles. The maximum absolute atomic E-state index is 4.68. The summed E-state index contributed by atoms with van der Waals surface area (Å²) in [6.07, 6.45) is 3.17. The predicted octanol–water partition coefficient (Wildman–Crippen LogP) is 4.44. The van der Waals surface area contributed by atoms with Crippen molar-refractivity contribution in [2.24, 2.45) is 0 Å². The number of anilines is 1. The highest BCUT2D eigenvalue weighted by Gasteiger charge is 2.20. The second kappa shape index (κ2) is 10.6. The van der Waals surface area contributed by atoms with Crippen LogP contribution in [0.1, 0.15) is 65.4 Å². The summed E-state index contributed by atoms with van der Waals surface area (Å²) in [6, 6.07) is 4.25. The zero-order valence-corrected chi connectivity index (χ0v) is 18.8. The molecule has 2 aromatic rings. The number of nitrogens with one attached hydrogen (secondary N) is 3. The molecule has 3 N–H and O–H groups in total. The quantitative estimate of drug-likeness (QED) is 0.569. The van der Waals surface area contributed by atoms with E-state index in [-0.39, 0.29) is 0 Å². The summed E-state index contributed by atoms with van der Waals surface area (Å²) >= 11 is 0. The predicted molar refractivity (Wildman–Crippen MR) is 121 cm³/mol. The molecule has 0 amide bonds. The average Bonchev–Trinajstić information content (AvgIpc) is 2.66. The Bertz CT molecular complexity index is 740. The van der Waals surface area contributed by atoms with E-state index in [2.05, 4.69) is 67.7 Å². The van der Waals surface area contributed by atoms with Crippen LogP contribution in [0, 0.1) is 13.8 Å². The van der Waals surface area contributed by atoms with Crippen LogP contribution in [0.25, 0.3) is 0 Å². The number of aryl methyl sites for hydroxylation is 2. The van der Waals surface area contributed by atoms with Crippen LogP contribution in [0.2, 0.25) is 0 Å². The van der Waals surface area contributed by atoms with Gasteiger partial charge in [0, 0.05) is 25.3 Å². The molecule has 0 saturated heterocycles. The third-order valence-electron chi connectivity index (χ3n) is 5.50. The molecule has 0 aliphatic rings. The summed E-state index contributed by atoms with van der Waals surface area (Å²) in [4.78, 5) is 4.68. The van der Waals surface area contributed by atoms with Crippen LogP contribution in [0.3, 0.4) is 0 Å². The third-order valence-corrected chi connectivity index (χ3v) is 5.50. The summed E-state index contributed by atoms with van der Waals surface area (Å²) in [5, 5.41) is 10.4. The molecule has 28 heavy (non-hydrogen) atoms. The zero-order valence-electron chi connectivity index (χ0n) is 18.8. The molecule has 1 heterocycles.